The van der Waals surface area contributed by atoms with E-state index in [4.69, 9.17) is 4.74 Å². The lowest BCUT2D eigenvalue weighted by Gasteiger charge is -2.47. The molecule has 0 saturated carbocycles. The van der Waals surface area contributed by atoms with Crippen LogP contribution in [0.15, 0.2) is 115 Å². The van der Waals surface area contributed by atoms with Gasteiger partial charge in [0.05, 0.1) is 18.8 Å². The number of amides is 3. The molecule has 12 heteroatoms. The number of carboxylic acid groups (broad SMARTS) is 1. The molecule has 0 aromatic heterocycles. The monoisotopic (exact) mass is 669 g/mol. The second-order valence-corrected chi connectivity index (χ2v) is 12.2. The molecule has 1 heterocycles. The van der Waals surface area contributed by atoms with Gasteiger partial charge in [0, 0.05) is 11.4 Å². The average molecular weight is 670 g/mol. The van der Waals surface area contributed by atoms with Crippen molar-refractivity contribution in [3.8, 4) is 5.75 Å². The Kier molecular flexibility index (Phi) is 11.5. The quantitative estimate of drug-likeness (QED) is 0.119. The molecule has 48 heavy (non-hydrogen) atoms. The molecule has 0 spiro atoms. The normalized spacial score (nSPS) is 17.4. The first-order valence-electron chi connectivity index (χ1n) is 15.2. The molecule has 5 rings (SSSR count). The van der Waals surface area contributed by atoms with Crippen molar-refractivity contribution in [1.82, 2.24) is 10.6 Å². The number of benzene rings is 4. The van der Waals surface area contributed by atoms with Crippen molar-refractivity contribution < 1.29 is 39.2 Å². The van der Waals surface area contributed by atoms with Gasteiger partial charge in [-0.15, -0.1) is 11.8 Å². The van der Waals surface area contributed by atoms with E-state index in [1.165, 1.54) is 11.8 Å². The lowest BCUT2D eigenvalue weighted by Crippen LogP contribution is -2.57. The van der Waals surface area contributed by atoms with E-state index in [0.29, 0.717) is 17.1 Å². The number of anilines is 1. The fraction of sp³-hybridized carbons (Fsp3) is 0.222. The first-order valence-corrected chi connectivity index (χ1v) is 16.3. The molecule has 1 fully saturated rings. The van der Waals surface area contributed by atoms with Crippen LogP contribution < -0.4 is 20.3 Å². The van der Waals surface area contributed by atoms with Crippen molar-refractivity contribution in [1.29, 1.82) is 0 Å². The maximum atomic E-state index is 13.4. The predicted molar refractivity (Wildman–Crippen MR) is 180 cm³/mol. The fourth-order valence-corrected chi connectivity index (χ4v) is 6.59. The van der Waals surface area contributed by atoms with Crippen LogP contribution in [0.5, 0.6) is 5.75 Å². The van der Waals surface area contributed by atoms with Gasteiger partial charge in [0.2, 0.25) is 11.8 Å². The Labute approximate surface area is 281 Å². The number of hydrogen-bond donors (Lipinski definition) is 5. The number of aliphatic hydroxyl groups is 2. The molecule has 248 valence electrons. The van der Waals surface area contributed by atoms with Crippen LogP contribution >= 0.6 is 11.8 Å². The molecular weight excluding hydrogens is 634 g/mol. The molecule has 0 radical (unpaired) electrons. The number of carbonyl (C=O) groups is 4. The number of ether oxygens (including phenoxy) is 1. The zero-order valence-electron chi connectivity index (χ0n) is 25.7. The summed E-state index contributed by atoms with van der Waals surface area (Å²) in [6.07, 6.45) is -0.724. The second-order valence-electron chi connectivity index (χ2n) is 11.0. The highest BCUT2D eigenvalue weighted by Crippen LogP contribution is 2.46. The largest absolute Gasteiger partial charge is 0.484 e. The number of β-lactam (4-membered cyclic amide) rings is 1. The van der Waals surface area contributed by atoms with Gasteiger partial charge < -0.3 is 35.6 Å². The fourth-order valence-electron chi connectivity index (χ4n) is 5.29. The molecule has 5 N–H and O–H groups in total. The van der Waals surface area contributed by atoms with Crippen LogP contribution in [0.3, 0.4) is 0 Å². The SMILES string of the molecule is O=C(COc1ccc([C@@H]2[C@@H](SCC(O)c3ccccc3)C(=O)N2c2ccccc2)cc1)N[C@@H](C(=O)N[C@@H](CO)C(=O)O)c1ccccc1. The number of nitrogens with one attached hydrogen (secondary N) is 2. The number of carboxylic acids is 1. The van der Waals surface area contributed by atoms with Crippen molar-refractivity contribution in [3.05, 3.63) is 132 Å². The maximum absolute atomic E-state index is 13.4. The smallest absolute Gasteiger partial charge is 0.328 e. The van der Waals surface area contributed by atoms with E-state index < -0.39 is 54.4 Å². The molecule has 1 unspecified atom stereocenters. The van der Waals surface area contributed by atoms with Gasteiger partial charge in [-0.25, -0.2) is 4.79 Å². The first kappa shape index (κ1) is 34.2. The summed E-state index contributed by atoms with van der Waals surface area (Å²) in [7, 11) is 0. The lowest BCUT2D eigenvalue weighted by atomic mass is 9.92. The van der Waals surface area contributed by atoms with Crippen LogP contribution in [-0.2, 0) is 19.2 Å². The molecular formula is C36H35N3O8S. The zero-order chi connectivity index (χ0) is 34.0. The Morgan fingerprint density at radius 2 is 1.40 bits per heavy atom. The number of thioether (sulfide) groups is 1. The lowest BCUT2D eigenvalue weighted by molar-refractivity contribution is -0.143. The van der Waals surface area contributed by atoms with Crippen molar-refractivity contribution in [2.45, 2.75) is 29.5 Å². The summed E-state index contributed by atoms with van der Waals surface area (Å²) in [6, 6.07) is 30.9. The van der Waals surface area contributed by atoms with Crippen LogP contribution in [0.2, 0.25) is 0 Å². The summed E-state index contributed by atoms with van der Waals surface area (Å²) in [4.78, 5) is 52.2. The Bertz CT molecular complexity index is 1690. The van der Waals surface area contributed by atoms with Crippen LogP contribution in [-0.4, -0.2) is 69.3 Å². The first-order chi connectivity index (χ1) is 23.3. The molecule has 1 saturated heterocycles. The number of rotatable bonds is 15. The molecule has 3 amide bonds. The van der Waals surface area contributed by atoms with Crippen LogP contribution in [0.4, 0.5) is 5.69 Å². The molecule has 4 aromatic rings. The van der Waals surface area contributed by atoms with Crippen molar-refractivity contribution in [2.75, 3.05) is 23.9 Å². The summed E-state index contributed by atoms with van der Waals surface area (Å²) < 4.78 is 5.70. The summed E-state index contributed by atoms with van der Waals surface area (Å²) in [6.45, 7) is -1.25. The Hall–Kier alpha value is -5.17. The standard InChI is InChI=1S/C36H35N3O8S/c40-20-28(36(45)46)37-34(43)31(24-12-6-2-7-13-24)38-30(42)21-47-27-18-16-25(17-19-27)32-33(35(44)39(32)26-14-8-3-9-15-26)48-22-29(41)23-10-4-1-5-11-23/h1-19,28-29,31-33,40-41H,20-22H2,(H,37,43)(H,38,42)(H,45,46)/t28-,29?,31+,32+,33+/m0/s1. The van der Waals surface area contributed by atoms with Crippen molar-refractivity contribution >= 4 is 41.1 Å². The van der Waals surface area contributed by atoms with Gasteiger partial charge in [-0.05, 0) is 41.0 Å². The Morgan fingerprint density at radius 1 is 0.812 bits per heavy atom. The van der Waals surface area contributed by atoms with Gasteiger partial charge >= 0.3 is 5.97 Å². The number of aliphatic carboxylic acids is 1. The number of nitrogens with zero attached hydrogens (tertiary/aromatic N) is 1. The van der Waals surface area contributed by atoms with E-state index in [0.717, 1.165) is 16.8 Å². The molecule has 1 aliphatic heterocycles. The van der Waals surface area contributed by atoms with Gasteiger partial charge in [0.25, 0.3) is 5.91 Å². The second kappa shape index (κ2) is 16.1. The summed E-state index contributed by atoms with van der Waals surface area (Å²) in [5, 5.41) is 33.6. The number of aliphatic hydroxyl groups excluding tert-OH is 2. The van der Waals surface area contributed by atoms with E-state index in [1.807, 2.05) is 72.8 Å². The van der Waals surface area contributed by atoms with Crippen LogP contribution in [0.1, 0.15) is 34.9 Å². The molecule has 4 aromatic carbocycles. The van der Waals surface area contributed by atoms with Gasteiger partial charge in [0.1, 0.15) is 23.1 Å². The third-order valence-corrected chi connectivity index (χ3v) is 9.11. The Morgan fingerprint density at radius 3 is 1.98 bits per heavy atom. The highest BCUT2D eigenvalue weighted by atomic mass is 32.2. The minimum Gasteiger partial charge on any atom is -0.484 e. The van der Waals surface area contributed by atoms with Gasteiger partial charge in [-0.2, -0.15) is 0 Å². The number of para-hydroxylation sites is 1. The average Bonchev–Trinajstić information content (AvgIpc) is 3.12. The van der Waals surface area contributed by atoms with Gasteiger partial charge in [-0.3, -0.25) is 14.4 Å². The van der Waals surface area contributed by atoms with Gasteiger partial charge in [0.15, 0.2) is 6.61 Å². The number of hydrogen-bond acceptors (Lipinski definition) is 8. The van der Waals surface area contributed by atoms with Crippen molar-refractivity contribution in [2.24, 2.45) is 0 Å². The van der Waals surface area contributed by atoms with E-state index in [1.54, 1.807) is 47.4 Å². The van der Waals surface area contributed by atoms with Gasteiger partial charge in [-0.1, -0.05) is 91.0 Å². The van der Waals surface area contributed by atoms with Crippen LogP contribution in [0.25, 0.3) is 0 Å². The highest BCUT2D eigenvalue weighted by molar-refractivity contribution is 8.00. The topological polar surface area (TPSA) is 165 Å². The molecule has 1 aliphatic rings. The van der Waals surface area contributed by atoms with Crippen LogP contribution in [0, 0.1) is 0 Å². The van der Waals surface area contributed by atoms with E-state index in [2.05, 4.69) is 10.6 Å². The third kappa shape index (κ3) is 8.21. The molecule has 0 bridgehead atoms. The number of carbonyl (C=O) groups excluding carboxylic acids is 3. The maximum Gasteiger partial charge on any atom is 0.328 e. The minimum atomic E-state index is -1.54. The minimum absolute atomic E-state index is 0.0564. The molecule has 0 aliphatic carbocycles. The van der Waals surface area contributed by atoms with E-state index in [-0.39, 0.29) is 11.9 Å². The molecule has 11 nitrogen and oxygen atoms in total. The molecule has 5 atom stereocenters. The third-order valence-electron chi connectivity index (χ3n) is 7.79. The summed E-state index contributed by atoms with van der Waals surface area (Å²) >= 11 is 1.40. The highest BCUT2D eigenvalue weighted by Gasteiger charge is 2.49. The zero-order valence-corrected chi connectivity index (χ0v) is 26.5. The van der Waals surface area contributed by atoms with E-state index >= 15 is 0 Å². The summed E-state index contributed by atoms with van der Waals surface area (Å²) in [5.74, 6) is -2.19. The predicted octanol–water partition coefficient (Wildman–Crippen LogP) is 3.41. The Balaban J connectivity index is 1.24. The summed E-state index contributed by atoms with van der Waals surface area (Å²) in [5.41, 5.74) is 2.80. The van der Waals surface area contributed by atoms with Crippen molar-refractivity contribution in [3.63, 3.8) is 0 Å². The van der Waals surface area contributed by atoms with E-state index in [9.17, 15) is 34.5 Å².